The zero-order valence-electron chi connectivity index (χ0n) is 6.04. The van der Waals surface area contributed by atoms with E-state index in [9.17, 15) is 9.59 Å². The summed E-state index contributed by atoms with van der Waals surface area (Å²) in [6, 6.07) is 0. The second-order valence-corrected chi connectivity index (χ2v) is 2.45. The third kappa shape index (κ3) is 1.39. The number of hydrogen-bond acceptors (Lipinski definition) is 2. The molecule has 1 N–H and O–H groups in total. The van der Waals surface area contributed by atoms with E-state index < -0.39 is 12.0 Å². The van der Waals surface area contributed by atoms with Crippen LogP contribution in [-0.2, 0) is 4.79 Å². The van der Waals surface area contributed by atoms with Crippen LogP contribution in [0.4, 0.5) is 4.79 Å². The molecular weight excluding hydrogens is 146 g/mol. The van der Waals surface area contributed by atoms with Gasteiger partial charge in [-0.3, -0.25) is 4.79 Å². The van der Waals surface area contributed by atoms with E-state index in [0.717, 1.165) is 4.90 Å². The minimum absolute atomic E-state index is 0.299. The molecular formula is C7H9NO3. The van der Waals surface area contributed by atoms with E-state index >= 15 is 0 Å². The largest absolute Gasteiger partial charge is 0.465 e. The number of rotatable bonds is 0. The van der Waals surface area contributed by atoms with Gasteiger partial charge in [0.2, 0.25) is 0 Å². The molecule has 60 valence electrons. The fourth-order valence-corrected chi connectivity index (χ4v) is 1.03. The van der Waals surface area contributed by atoms with Crippen LogP contribution in [0.2, 0.25) is 0 Å². The van der Waals surface area contributed by atoms with E-state index in [1.54, 1.807) is 0 Å². The van der Waals surface area contributed by atoms with E-state index in [4.69, 9.17) is 5.11 Å². The summed E-state index contributed by atoms with van der Waals surface area (Å²) in [7, 11) is 0. The van der Waals surface area contributed by atoms with Crippen molar-refractivity contribution in [1.82, 2.24) is 4.90 Å². The summed E-state index contributed by atoms with van der Waals surface area (Å²) in [4.78, 5) is 22.2. The number of piperidine rings is 1. The van der Waals surface area contributed by atoms with Crippen molar-refractivity contribution in [2.24, 2.45) is 0 Å². The summed E-state index contributed by atoms with van der Waals surface area (Å²) >= 11 is 0. The molecule has 0 radical (unpaired) electrons. The molecule has 0 aliphatic carbocycles. The number of carbonyl (C=O) groups is 2. The lowest BCUT2D eigenvalue weighted by Crippen LogP contribution is -2.40. The molecule has 1 aliphatic rings. The Morgan fingerprint density at radius 1 is 1.64 bits per heavy atom. The predicted octanol–water partition coefficient (Wildman–Crippen LogP) is 0.843. The molecule has 4 nitrogen and oxygen atoms in total. The first-order chi connectivity index (χ1) is 5.13. The van der Waals surface area contributed by atoms with Crippen LogP contribution in [0.3, 0.4) is 0 Å². The summed E-state index contributed by atoms with van der Waals surface area (Å²) < 4.78 is 0. The van der Waals surface area contributed by atoms with Crippen LogP contribution in [0.15, 0.2) is 12.2 Å². The van der Waals surface area contributed by atoms with Crippen molar-refractivity contribution in [2.75, 3.05) is 6.54 Å². The standard InChI is InChI=1S/C7H9NO3/c1-5-3-2-4-8(6(5)9)7(10)11/h1-4H2,(H,10,11). The molecule has 2 amide bonds. The Kier molecular flexibility index (Phi) is 1.94. The second kappa shape index (κ2) is 2.74. The molecule has 1 saturated heterocycles. The number of imide groups is 1. The van der Waals surface area contributed by atoms with Crippen molar-refractivity contribution in [3.63, 3.8) is 0 Å². The molecule has 4 heteroatoms. The monoisotopic (exact) mass is 155 g/mol. The van der Waals surface area contributed by atoms with Gasteiger partial charge in [0.25, 0.3) is 5.91 Å². The number of nitrogens with zero attached hydrogens (tertiary/aromatic N) is 1. The van der Waals surface area contributed by atoms with Gasteiger partial charge in [-0.25, -0.2) is 9.69 Å². The SMILES string of the molecule is C=C1CCCN(C(=O)O)C1=O. The lowest BCUT2D eigenvalue weighted by molar-refractivity contribution is -0.126. The predicted molar refractivity (Wildman–Crippen MR) is 38.1 cm³/mol. The number of likely N-dealkylation sites (tertiary alicyclic amines) is 1. The van der Waals surface area contributed by atoms with Gasteiger partial charge in [-0.15, -0.1) is 0 Å². The van der Waals surface area contributed by atoms with Gasteiger partial charge >= 0.3 is 6.09 Å². The topological polar surface area (TPSA) is 57.6 Å². The Morgan fingerprint density at radius 2 is 2.27 bits per heavy atom. The van der Waals surface area contributed by atoms with Gasteiger partial charge in [0.1, 0.15) is 0 Å². The van der Waals surface area contributed by atoms with Crippen molar-refractivity contribution in [3.8, 4) is 0 Å². The summed E-state index contributed by atoms with van der Waals surface area (Å²) in [5.74, 6) is -0.455. The van der Waals surface area contributed by atoms with Gasteiger partial charge in [-0.2, -0.15) is 0 Å². The maximum absolute atomic E-state index is 11.0. The zero-order chi connectivity index (χ0) is 8.43. The van der Waals surface area contributed by atoms with E-state index in [2.05, 4.69) is 6.58 Å². The molecule has 1 aliphatic heterocycles. The van der Waals surface area contributed by atoms with Gasteiger partial charge < -0.3 is 5.11 Å². The molecule has 1 rings (SSSR count). The molecule has 0 bridgehead atoms. The summed E-state index contributed by atoms with van der Waals surface area (Å²) in [5, 5.41) is 8.49. The van der Waals surface area contributed by atoms with Crippen LogP contribution in [0.1, 0.15) is 12.8 Å². The lowest BCUT2D eigenvalue weighted by atomic mass is 10.1. The van der Waals surface area contributed by atoms with Gasteiger partial charge in [-0.1, -0.05) is 6.58 Å². The fraction of sp³-hybridized carbons (Fsp3) is 0.429. The Morgan fingerprint density at radius 3 is 2.73 bits per heavy atom. The van der Waals surface area contributed by atoms with Crippen LogP contribution in [0.5, 0.6) is 0 Å². The highest BCUT2D eigenvalue weighted by Crippen LogP contribution is 2.14. The van der Waals surface area contributed by atoms with E-state index in [1.807, 2.05) is 0 Å². The average Bonchev–Trinajstić information content (AvgIpc) is 1.94. The fourth-order valence-electron chi connectivity index (χ4n) is 1.03. The molecule has 0 saturated carbocycles. The van der Waals surface area contributed by atoms with Crippen molar-refractivity contribution in [1.29, 1.82) is 0 Å². The third-order valence-electron chi connectivity index (χ3n) is 1.64. The van der Waals surface area contributed by atoms with Crippen molar-refractivity contribution < 1.29 is 14.7 Å². The van der Waals surface area contributed by atoms with Crippen molar-refractivity contribution in [3.05, 3.63) is 12.2 Å². The molecule has 0 atom stereocenters. The van der Waals surface area contributed by atoms with Crippen molar-refractivity contribution >= 4 is 12.0 Å². The molecule has 0 aromatic heterocycles. The number of amides is 2. The smallest absolute Gasteiger partial charge is 0.414 e. The molecule has 0 unspecified atom stereocenters. The zero-order valence-corrected chi connectivity index (χ0v) is 6.04. The first-order valence-corrected chi connectivity index (χ1v) is 3.35. The van der Waals surface area contributed by atoms with Gasteiger partial charge in [0.15, 0.2) is 0 Å². The minimum atomic E-state index is -1.18. The molecule has 1 fully saturated rings. The van der Waals surface area contributed by atoms with Crippen LogP contribution >= 0.6 is 0 Å². The Balaban J connectivity index is 2.74. The highest BCUT2D eigenvalue weighted by molar-refractivity contribution is 6.02. The van der Waals surface area contributed by atoms with Crippen molar-refractivity contribution in [2.45, 2.75) is 12.8 Å². The Bertz CT molecular complexity index is 222. The maximum Gasteiger partial charge on any atom is 0.414 e. The Labute approximate surface area is 64.1 Å². The second-order valence-electron chi connectivity index (χ2n) is 2.45. The maximum atomic E-state index is 11.0. The minimum Gasteiger partial charge on any atom is -0.465 e. The number of carbonyl (C=O) groups excluding carboxylic acids is 1. The highest BCUT2D eigenvalue weighted by Gasteiger charge is 2.26. The quantitative estimate of drug-likeness (QED) is 0.527. The average molecular weight is 155 g/mol. The van der Waals surface area contributed by atoms with Crippen LogP contribution in [0.25, 0.3) is 0 Å². The Hall–Kier alpha value is -1.32. The molecule has 0 aromatic carbocycles. The first-order valence-electron chi connectivity index (χ1n) is 3.35. The summed E-state index contributed by atoms with van der Waals surface area (Å²) in [6.07, 6.45) is 0.121. The summed E-state index contributed by atoms with van der Waals surface area (Å²) in [6.45, 7) is 3.77. The molecule has 0 aromatic rings. The molecule has 11 heavy (non-hydrogen) atoms. The lowest BCUT2D eigenvalue weighted by Gasteiger charge is -2.22. The van der Waals surface area contributed by atoms with E-state index in [1.165, 1.54) is 0 Å². The normalized spacial score (nSPS) is 18.7. The van der Waals surface area contributed by atoms with Gasteiger partial charge in [0.05, 0.1) is 0 Å². The molecule has 0 spiro atoms. The van der Waals surface area contributed by atoms with E-state index in [-0.39, 0.29) is 0 Å². The number of carboxylic acid groups (broad SMARTS) is 1. The molecule has 1 heterocycles. The highest BCUT2D eigenvalue weighted by atomic mass is 16.4. The number of hydrogen-bond donors (Lipinski definition) is 1. The summed E-state index contributed by atoms with van der Waals surface area (Å²) in [5.41, 5.74) is 0.388. The van der Waals surface area contributed by atoms with Crippen LogP contribution in [-0.4, -0.2) is 28.6 Å². The van der Waals surface area contributed by atoms with Gasteiger partial charge in [0, 0.05) is 12.1 Å². The van der Waals surface area contributed by atoms with Gasteiger partial charge in [-0.05, 0) is 12.8 Å². The third-order valence-corrected chi connectivity index (χ3v) is 1.64. The van der Waals surface area contributed by atoms with Crippen LogP contribution < -0.4 is 0 Å². The first kappa shape index (κ1) is 7.78. The van der Waals surface area contributed by atoms with Crippen LogP contribution in [0, 0.1) is 0 Å². The van der Waals surface area contributed by atoms with E-state index in [0.29, 0.717) is 25.0 Å².